The molecule has 2 aromatic rings. The Morgan fingerprint density at radius 3 is 1.30 bits per heavy atom. The highest BCUT2D eigenvalue weighted by atomic mass is 16.5. The van der Waals surface area contributed by atoms with Gasteiger partial charge in [-0.1, -0.05) is 62.1 Å². The van der Waals surface area contributed by atoms with Crippen LogP contribution in [0, 0.1) is 11.8 Å². The Hall–Kier alpha value is -3.54. The fourth-order valence-electron chi connectivity index (χ4n) is 5.48. The van der Waals surface area contributed by atoms with Gasteiger partial charge in [0.25, 0.3) is 0 Å². The van der Waals surface area contributed by atoms with E-state index in [1.54, 1.807) is 12.5 Å². The van der Waals surface area contributed by atoms with Crippen LogP contribution in [0.5, 0.6) is 11.5 Å². The van der Waals surface area contributed by atoms with Gasteiger partial charge in [0, 0.05) is 0 Å². The minimum absolute atomic E-state index is 0.185. The molecule has 0 unspecified atom stereocenters. The minimum atomic E-state index is -0.206. The van der Waals surface area contributed by atoms with Gasteiger partial charge in [-0.15, -0.1) is 0 Å². The number of carbonyl (C=O) groups is 2. The second-order valence-corrected chi connectivity index (χ2v) is 11.7. The molecule has 2 aromatic carbocycles. The first-order valence-corrected chi connectivity index (χ1v) is 16.7. The molecule has 3 rings (SSSR count). The highest BCUT2D eigenvalue weighted by Gasteiger charge is 2.32. The van der Waals surface area contributed by atoms with Gasteiger partial charge in [0.05, 0.1) is 37.6 Å². The number of esters is 2. The Morgan fingerprint density at radius 2 is 0.932 bits per heavy atom. The molecule has 0 heterocycles. The van der Waals surface area contributed by atoms with E-state index in [9.17, 15) is 9.59 Å². The third-order valence-corrected chi connectivity index (χ3v) is 8.10. The molecular weight excluding hydrogens is 552 g/mol. The Morgan fingerprint density at radius 1 is 0.568 bits per heavy atom. The van der Waals surface area contributed by atoms with Gasteiger partial charge in [-0.05, 0) is 113 Å². The van der Waals surface area contributed by atoms with Crippen LogP contribution in [0.2, 0.25) is 0 Å². The molecule has 44 heavy (non-hydrogen) atoms. The second kappa shape index (κ2) is 21.2. The Kier molecular flexibility index (Phi) is 16.8. The van der Waals surface area contributed by atoms with Crippen molar-refractivity contribution in [2.75, 3.05) is 13.2 Å². The summed E-state index contributed by atoms with van der Waals surface area (Å²) in [5.74, 6) is 0.384. The molecule has 0 spiro atoms. The van der Waals surface area contributed by atoms with Crippen LogP contribution in [0.3, 0.4) is 0 Å². The van der Waals surface area contributed by atoms with E-state index in [0.717, 1.165) is 64.6 Å². The lowest BCUT2D eigenvalue weighted by Gasteiger charge is -2.25. The first-order valence-electron chi connectivity index (χ1n) is 16.7. The molecule has 0 amide bonds. The van der Waals surface area contributed by atoms with Crippen molar-refractivity contribution in [1.82, 2.24) is 0 Å². The average molecular weight is 605 g/mol. The summed E-state index contributed by atoms with van der Waals surface area (Å²) in [5.41, 5.74) is 2.50. The summed E-state index contributed by atoms with van der Waals surface area (Å²) in [6.07, 6.45) is 21.0. The van der Waals surface area contributed by atoms with Crippen molar-refractivity contribution in [3.05, 3.63) is 84.3 Å². The molecule has 6 heteroatoms. The molecule has 0 bridgehead atoms. The molecule has 1 fully saturated rings. The molecule has 1 aliphatic carbocycles. The maximum atomic E-state index is 12.8. The van der Waals surface area contributed by atoms with Crippen molar-refractivity contribution in [3.63, 3.8) is 0 Å². The van der Waals surface area contributed by atoms with E-state index in [1.165, 1.54) is 24.0 Å². The molecule has 0 N–H and O–H groups in total. The van der Waals surface area contributed by atoms with Crippen molar-refractivity contribution in [2.45, 2.75) is 104 Å². The summed E-state index contributed by atoms with van der Waals surface area (Å²) in [4.78, 5) is 25.6. The molecule has 0 atom stereocenters. The number of aryl methyl sites for hydroxylation is 2. The third kappa shape index (κ3) is 13.8. The van der Waals surface area contributed by atoms with Gasteiger partial charge in [0.15, 0.2) is 0 Å². The first-order chi connectivity index (χ1) is 21.6. The summed E-state index contributed by atoms with van der Waals surface area (Å²) < 4.78 is 22.1. The maximum Gasteiger partial charge on any atom is 0.314 e. The Balaban J connectivity index is 1.28. The van der Waals surface area contributed by atoms with Gasteiger partial charge in [0.2, 0.25) is 0 Å². The largest absolute Gasteiger partial charge is 0.502 e. The predicted octanol–water partition coefficient (Wildman–Crippen LogP) is 9.31. The zero-order valence-corrected chi connectivity index (χ0v) is 26.8. The van der Waals surface area contributed by atoms with Crippen LogP contribution in [-0.4, -0.2) is 25.2 Å². The number of rotatable bonds is 20. The Labute approximate surface area is 264 Å². The quantitative estimate of drug-likeness (QED) is 0.0649. The highest BCUT2D eigenvalue weighted by Crippen LogP contribution is 2.31. The average Bonchev–Trinajstić information content (AvgIpc) is 3.05. The van der Waals surface area contributed by atoms with Crippen LogP contribution >= 0.6 is 0 Å². The molecule has 0 aliphatic heterocycles. The van der Waals surface area contributed by atoms with Gasteiger partial charge >= 0.3 is 11.9 Å². The topological polar surface area (TPSA) is 71.1 Å². The zero-order valence-electron chi connectivity index (χ0n) is 26.8. The van der Waals surface area contributed by atoms with E-state index in [2.05, 4.69) is 0 Å². The standard InChI is InChI=1S/C38H52O6/c1-3-27-41-29-11-7-5-9-13-31-15-23-35(24-16-31)43-37(39)33-19-21-34(22-20-33)38(40)44-36-25-17-32(18-26-36)14-10-6-8-12-30-42-28-4-2/h3-4,15-18,23-28,33-34H,5-14,19-22,29-30H2,1-2H3. The lowest BCUT2D eigenvalue weighted by molar-refractivity contribution is -0.145. The molecule has 1 aliphatic rings. The molecule has 240 valence electrons. The predicted molar refractivity (Wildman–Crippen MR) is 175 cm³/mol. The normalized spacial score (nSPS) is 16.7. The molecule has 6 nitrogen and oxygen atoms in total. The molecular formula is C38H52O6. The first kappa shape index (κ1) is 34.9. The van der Waals surface area contributed by atoms with Crippen LogP contribution < -0.4 is 9.47 Å². The van der Waals surface area contributed by atoms with Gasteiger partial charge < -0.3 is 18.9 Å². The lowest BCUT2D eigenvalue weighted by atomic mass is 9.82. The van der Waals surface area contributed by atoms with Crippen LogP contribution in [0.15, 0.2) is 73.2 Å². The molecule has 0 radical (unpaired) electrons. The maximum absolute atomic E-state index is 12.8. The van der Waals surface area contributed by atoms with Crippen LogP contribution in [-0.2, 0) is 31.9 Å². The van der Waals surface area contributed by atoms with Crippen molar-refractivity contribution >= 4 is 11.9 Å². The van der Waals surface area contributed by atoms with E-state index in [-0.39, 0.29) is 23.8 Å². The van der Waals surface area contributed by atoms with Crippen LogP contribution in [0.1, 0.15) is 102 Å². The van der Waals surface area contributed by atoms with Gasteiger partial charge in [-0.2, -0.15) is 0 Å². The second-order valence-electron chi connectivity index (χ2n) is 11.7. The van der Waals surface area contributed by atoms with Gasteiger partial charge in [0.1, 0.15) is 11.5 Å². The third-order valence-electron chi connectivity index (χ3n) is 8.10. The zero-order chi connectivity index (χ0) is 31.2. The number of benzene rings is 2. The summed E-state index contributed by atoms with van der Waals surface area (Å²) in [6.45, 7) is 5.46. The van der Waals surface area contributed by atoms with Gasteiger partial charge in [-0.25, -0.2) is 0 Å². The van der Waals surface area contributed by atoms with Crippen molar-refractivity contribution in [3.8, 4) is 11.5 Å². The van der Waals surface area contributed by atoms with Crippen LogP contribution in [0.25, 0.3) is 0 Å². The molecule has 0 saturated heterocycles. The monoisotopic (exact) mass is 604 g/mol. The summed E-state index contributed by atoms with van der Waals surface area (Å²) in [5, 5.41) is 0. The van der Waals surface area contributed by atoms with E-state index < -0.39 is 0 Å². The number of allylic oxidation sites excluding steroid dienone is 2. The summed E-state index contributed by atoms with van der Waals surface area (Å²) in [7, 11) is 0. The summed E-state index contributed by atoms with van der Waals surface area (Å²) in [6, 6.07) is 15.7. The van der Waals surface area contributed by atoms with E-state index in [0.29, 0.717) is 37.2 Å². The number of carbonyl (C=O) groups excluding carboxylic acids is 2. The Bertz CT molecular complexity index is 1040. The van der Waals surface area contributed by atoms with Crippen molar-refractivity contribution < 1.29 is 28.5 Å². The highest BCUT2D eigenvalue weighted by molar-refractivity contribution is 5.77. The number of ether oxygens (including phenoxy) is 4. The van der Waals surface area contributed by atoms with Crippen molar-refractivity contribution in [2.24, 2.45) is 11.8 Å². The summed E-state index contributed by atoms with van der Waals surface area (Å²) >= 11 is 0. The fraction of sp³-hybridized carbons (Fsp3) is 0.526. The minimum Gasteiger partial charge on any atom is -0.502 e. The fourth-order valence-corrected chi connectivity index (χ4v) is 5.48. The molecule has 0 aromatic heterocycles. The van der Waals surface area contributed by atoms with Crippen molar-refractivity contribution in [1.29, 1.82) is 0 Å². The van der Waals surface area contributed by atoms with E-state index >= 15 is 0 Å². The van der Waals surface area contributed by atoms with Crippen LogP contribution in [0.4, 0.5) is 0 Å². The van der Waals surface area contributed by atoms with Gasteiger partial charge in [-0.3, -0.25) is 9.59 Å². The van der Waals surface area contributed by atoms with E-state index in [4.69, 9.17) is 18.9 Å². The smallest absolute Gasteiger partial charge is 0.314 e. The number of hydrogen-bond donors (Lipinski definition) is 0. The SMILES string of the molecule is CC=COCCCCCCc1ccc(OC(=O)C2CCC(C(=O)Oc3ccc(CCCCCCOC=CC)cc3)CC2)cc1. The number of hydrogen-bond acceptors (Lipinski definition) is 6. The van der Waals surface area contributed by atoms with E-state index in [1.807, 2.05) is 74.5 Å². The molecule has 1 saturated carbocycles. The number of unbranched alkanes of at least 4 members (excludes halogenated alkanes) is 6. The lowest BCUT2D eigenvalue weighted by Crippen LogP contribution is -2.30.